The van der Waals surface area contributed by atoms with Crippen LogP contribution in [0.5, 0.6) is 5.75 Å². The Morgan fingerprint density at radius 2 is 1.90 bits per heavy atom. The first kappa shape index (κ1) is 14.9. The zero-order valence-electron chi connectivity index (χ0n) is 11.5. The fourth-order valence-electron chi connectivity index (χ4n) is 2.06. The van der Waals surface area contributed by atoms with Crippen LogP contribution in [0.2, 0.25) is 0 Å². The van der Waals surface area contributed by atoms with Crippen molar-refractivity contribution in [2.45, 2.75) is 19.4 Å². The Hall–Kier alpha value is -1.55. The van der Waals surface area contributed by atoms with E-state index in [0.29, 0.717) is 0 Å². The molecule has 1 unspecified atom stereocenters. The SMILES string of the molecule is COc1cc(NC(C)Cc2ccc(F)cc2)ccc1Br. The molecule has 1 atom stereocenters. The summed E-state index contributed by atoms with van der Waals surface area (Å²) in [5.41, 5.74) is 2.11. The molecule has 0 saturated carbocycles. The third kappa shape index (κ3) is 3.97. The number of anilines is 1. The second-order valence-electron chi connectivity index (χ2n) is 4.73. The lowest BCUT2D eigenvalue weighted by molar-refractivity contribution is 0.412. The van der Waals surface area contributed by atoms with E-state index in [2.05, 4.69) is 28.2 Å². The van der Waals surface area contributed by atoms with Gasteiger partial charge in [0.2, 0.25) is 0 Å². The molecule has 106 valence electrons. The van der Waals surface area contributed by atoms with Gasteiger partial charge in [-0.2, -0.15) is 0 Å². The van der Waals surface area contributed by atoms with Crippen LogP contribution in [-0.2, 0) is 6.42 Å². The highest BCUT2D eigenvalue weighted by Crippen LogP contribution is 2.28. The van der Waals surface area contributed by atoms with Gasteiger partial charge in [0.1, 0.15) is 11.6 Å². The minimum atomic E-state index is -0.202. The van der Waals surface area contributed by atoms with Crippen molar-refractivity contribution in [3.05, 3.63) is 58.3 Å². The fraction of sp³-hybridized carbons (Fsp3) is 0.250. The van der Waals surface area contributed by atoms with E-state index in [1.807, 2.05) is 30.3 Å². The van der Waals surface area contributed by atoms with Gasteiger partial charge in [0.15, 0.2) is 0 Å². The molecule has 2 nitrogen and oxygen atoms in total. The minimum absolute atomic E-state index is 0.202. The van der Waals surface area contributed by atoms with Crippen molar-refractivity contribution >= 4 is 21.6 Å². The standard InChI is InChI=1S/C16H17BrFNO/c1-11(9-12-3-5-13(18)6-4-12)19-14-7-8-15(17)16(10-14)20-2/h3-8,10-11,19H,9H2,1-2H3. The highest BCUT2D eigenvalue weighted by Gasteiger charge is 2.06. The molecule has 0 aliphatic heterocycles. The lowest BCUT2D eigenvalue weighted by atomic mass is 10.1. The highest BCUT2D eigenvalue weighted by molar-refractivity contribution is 9.10. The van der Waals surface area contributed by atoms with Gasteiger partial charge >= 0.3 is 0 Å². The summed E-state index contributed by atoms with van der Waals surface area (Å²) < 4.78 is 19.1. The fourth-order valence-corrected chi connectivity index (χ4v) is 2.47. The molecule has 0 aromatic heterocycles. The third-order valence-corrected chi connectivity index (χ3v) is 3.67. The van der Waals surface area contributed by atoms with E-state index in [9.17, 15) is 4.39 Å². The van der Waals surface area contributed by atoms with Crippen molar-refractivity contribution in [1.82, 2.24) is 0 Å². The van der Waals surface area contributed by atoms with Crippen LogP contribution in [0.4, 0.5) is 10.1 Å². The lowest BCUT2D eigenvalue weighted by Gasteiger charge is -2.16. The summed E-state index contributed by atoms with van der Waals surface area (Å²) in [5, 5.41) is 3.41. The zero-order chi connectivity index (χ0) is 14.5. The number of halogens is 2. The van der Waals surface area contributed by atoms with Gasteiger partial charge in [-0.1, -0.05) is 12.1 Å². The van der Waals surface area contributed by atoms with Gasteiger partial charge in [0.25, 0.3) is 0 Å². The third-order valence-electron chi connectivity index (χ3n) is 3.02. The van der Waals surface area contributed by atoms with Crippen molar-refractivity contribution in [3.8, 4) is 5.75 Å². The predicted molar refractivity (Wildman–Crippen MR) is 83.9 cm³/mol. The summed E-state index contributed by atoms with van der Waals surface area (Å²) in [4.78, 5) is 0. The largest absolute Gasteiger partial charge is 0.495 e. The molecule has 2 aromatic rings. The number of rotatable bonds is 5. The van der Waals surface area contributed by atoms with Gasteiger partial charge in [-0.3, -0.25) is 0 Å². The molecule has 0 aliphatic rings. The predicted octanol–water partition coefficient (Wildman–Crippen LogP) is 4.64. The van der Waals surface area contributed by atoms with Gasteiger partial charge in [-0.15, -0.1) is 0 Å². The van der Waals surface area contributed by atoms with E-state index >= 15 is 0 Å². The molecule has 0 spiro atoms. The van der Waals surface area contributed by atoms with E-state index < -0.39 is 0 Å². The lowest BCUT2D eigenvalue weighted by Crippen LogP contribution is -2.18. The van der Waals surface area contributed by atoms with Crippen molar-refractivity contribution in [2.24, 2.45) is 0 Å². The van der Waals surface area contributed by atoms with Gasteiger partial charge in [0.05, 0.1) is 11.6 Å². The van der Waals surface area contributed by atoms with Crippen LogP contribution in [0.1, 0.15) is 12.5 Å². The molecule has 4 heteroatoms. The second-order valence-corrected chi connectivity index (χ2v) is 5.58. The Labute approximate surface area is 127 Å². The maximum Gasteiger partial charge on any atom is 0.135 e. The van der Waals surface area contributed by atoms with E-state index in [1.54, 1.807) is 7.11 Å². The molecule has 0 saturated heterocycles. The van der Waals surface area contributed by atoms with Crippen LogP contribution in [0, 0.1) is 5.82 Å². The monoisotopic (exact) mass is 337 g/mol. The first-order valence-electron chi connectivity index (χ1n) is 6.43. The summed E-state index contributed by atoms with van der Waals surface area (Å²) in [6.07, 6.45) is 0.832. The molecule has 0 fully saturated rings. The number of nitrogens with one attached hydrogen (secondary N) is 1. The van der Waals surface area contributed by atoms with Crippen LogP contribution in [0.15, 0.2) is 46.9 Å². The molecule has 0 bridgehead atoms. The van der Waals surface area contributed by atoms with Crippen LogP contribution < -0.4 is 10.1 Å². The molecular formula is C16H17BrFNO. The molecule has 1 N–H and O–H groups in total. The average Bonchev–Trinajstić information content (AvgIpc) is 2.43. The average molecular weight is 338 g/mol. The van der Waals surface area contributed by atoms with E-state index in [0.717, 1.165) is 27.9 Å². The Balaban J connectivity index is 2.00. The smallest absolute Gasteiger partial charge is 0.135 e. The van der Waals surface area contributed by atoms with E-state index in [-0.39, 0.29) is 11.9 Å². The van der Waals surface area contributed by atoms with Gasteiger partial charge in [-0.25, -0.2) is 4.39 Å². The minimum Gasteiger partial charge on any atom is -0.495 e. The summed E-state index contributed by atoms with van der Waals surface area (Å²) in [5.74, 6) is 0.594. The van der Waals surface area contributed by atoms with Gasteiger partial charge in [-0.05, 0) is 59.1 Å². The number of ether oxygens (including phenoxy) is 1. The first-order valence-corrected chi connectivity index (χ1v) is 7.22. The summed E-state index contributed by atoms with van der Waals surface area (Å²) in [6, 6.07) is 12.7. The van der Waals surface area contributed by atoms with E-state index in [4.69, 9.17) is 4.74 Å². The number of methoxy groups -OCH3 is 1. The molecule has 0 aliphatic carbocycles. The molecule has 0 amide bonds. The van der Waals surface area contributed by atoms with Crippen molar-refractivity contribution in [3.63, 3.8) is 0 Å². The zero-order valence-corrected chi connectivity index (χ0v) is 13.1. The molecular weight excluding hydrogens is 321 g/mol. The Bertz CT molecular complexity index is 571. The van der Waals surface area contributed by atoms with Crippen LogP contribution in [0.3, 0.4) is 0 Å². The topological polar surface area (TPSA) is 21.3 Å². The van der Waals surface area contributed by atoms with Crippen molar-refractivity contribution in [2.75, 3.05) is 12.4 Å². The second kappa shape index (κ2) is 6.75. The Morgan fingerprint density at radius 3 is 2.55 bits per heavy atom. The number of hydrogen-bond acceptors (Lipinski definition) is 2. The molecule has 0 radical (unpaired) electrons. The van der Waals surface area contributed by atoms with Crippen LogP contribution in [-0.4, -0.2) is 13.2 Å². The maximum atomic E-state index is 12.9. The maximum absolute atomic E-state index is 12.9. The summed E-state index contributed by atoms with van der Waals surface area (Å²) in [6.45, 7) is 2.10. The Kier molecular flexibility index (Phi) is 5.01. The van der Waals surface area contributed by atoms with Gasteiger partial charge < -0.3 is 10.1 Å². The normalized spacial score (nSPS) is 12.0. The molecule has 2 aromatic carbocycles. The number of benzene rings is 2. The Morgan fingerprint density at radius 1 is 1.20 bits per heavy atom. The molecule has 0 heterocycles. The van der Waals surface area contributed by atoms with Crippen LogP contribution >= 0.6 is 15.9 Å². The molecule has 2 rings (SSSR count). The highest BCUT2D eigenvalue weighted by atomic mass is 79.9. The van der Waals surface area contributed by atoms with Crippen molar-refractivity contribution in [1.29, 1.82) is 0 Å². The van der Waals surface area contributed by atoms with E-state index in [1.165, 1.54) is 12.1 Å². The molecule has 20 heavy (non-hydrogen) atoms. The first-order chi connectivity index (χ1) is 9.58. The van der Waals surface area contributed by atoms with Gasteiger partial charge in [0, 0.05) is 17.8 Å². The number of hydrogen-bond donors (Lipinski definition) is 1. The summed E-state index contributed by atoms with van der Waals surface area (Å²) in [7, 11) is 1.64. The quantitative estimate of drug-likeness (QED) is 0.858. The van der Waals surface area contributed by atoms with Crippen molar-refractivity contribution < 1.29 is 9.13 Å². The van der Waals surface area contributed by atoms with Crippen LogP contribution in [0.25, 0.3) is 0 Å². The summed E-state index contributed by atoms with van der Waals surface area (Å²) >= 11 is 3.43.